The van der Waals surface area contributed by atoms with Crippen molar-refractivity contribution in [3.63, 3.8) is 0 Å². The number of ether oxygens (including phenoxy) is 2. The second-order valence-corrected chi connectivity index (χ2v) is 17.9. The molecule has 328 valence electrons. The van der Waals surface area contributed by atoms with E-state index in [1.807, 2.05) is 21.1 Å². The van der Waals surface area contributed by atoms with Crippen LogP contribution in [0.1, 0.15) is 194 Å². The molecule has 0 aliphatic carbocycles. The SMILES string of the molecule is CCCCC/C=C/C/C=C/CCCCCCCC(=O)O[C@H](COC(=O)CCCCCCCCCCC/C=C/CCCCCC)COP(=O)(O)OCC[N+](C)(C)C. The van der Waals surface area contributed by atoms with Gasteiger partial charge in [0.25, 0.3) is 0 Å². The number of nitrogens with zero attached hydrogens (tertiary/aromatic N) is 1. The minimum atomic E-state index is -4.38. The Bertz CT molecular complexity index is 1050. The molecule has 0 aromatic carbocycles. The fraction of sp³-hybridized carbons (Fsp3) is 0.826. The van der Waals surface area contributed by atoms with Crippen molar-refractivity contribution in [2.75, 3.05) is 47.5 Å². The minimum absolute atomic E-state index is 0.0285. The Morgan fingerprint density at radius 2 is 0.964 bits per heavy atom. The largest absolute Gasteiger partial charge is 0.472 e. The van der Waals surface area contributed by atoms with Crippen molar-refractivity contribution in [1.29, 1.82) is 0 Å². The molecular weight excluding hydrogens is 725 g/mol. The van der Waals surface area contributed by atoms with Crippen molar-refractivity contribution in [2.24, 2.45) is 0 Å². The van der Waals surface area contributed by atoms with Crippen molar-refractivity contribution in [3.05, 3.63) is 36.5 Å². The number of hydrogen-bond donors (Lipinski definition) is 1. The van der Waals surface area contributed by atoms with E-state index in [0.717, 1.165) is 57.8 Å². The van der Waals surface area contributed by atoms with E-state index in [1.54, 1.807) is 0 Å². The zero-order chi connectivity index (χ0) is 41.4. The molecule has 0 heterocycles. The van der Waals surface area contributed by atoms with Gasteiger partial charge in [0.05, 0.1) is 27.7 Å². The number of esters is 2. The zero-order valence-corrected chi connectivity index (χ0v) is 37.8. The lowest BCUT2D eigenvalue weighted by atomic mass is 10.1. The predicted octanol–water partition coefficient (Wildman–Crippen LogP) is 12.9. The quantitative estimate of drug-likeness (QED) is 0.0214. The molecule has 0 bridgehead atoms. The average Bonchev–Trinajstić information content (AvgIpc) is 3.15. The Morgan fingerprint density at radius 1 is 0.554 bits per heavy atom. The van der Waals surface area contributed by atoms with Crippen LogP contribution in [0.5, 0.6) is 0 Å². The van der Waals surface area contributed by atoms with Gasteiger partial charge in [0, 0.05) is 12.8 Å². The molecule has 0 aromatic heterocycles. The third kappa shape index (κ3) is 41.9. The number of likely N-dealkylation sites (N-methyl/N-ethyl adjacent to an activating group) is 1. The fourth-order valence-electron chi connectivity index (χ4n) is 6.04. The molecule has 0 saturated heterocycles. The maximum absolute atomic E-state index is 12.7. The first-order valence-electron chi connectivity index (χ1n) is 22.7. The molecule has 9 nitrogen and oxygen atoms in total. The van der Waals surface area contributed by atoms with Crippen LogP contribution in [0.4, 0.5) is 0 Å². The molecule has 0 radical (unpaired) electrons. The molecule has 0 aliphatic rings. The highest BCUT2D eigenvalue weighted by Gasteiger charge is 2.27. The first kappa shape index (κ1) is 54.2. The molecule has 2 atom stereocenters. The summed E-state index contributed by atoms with van der Waals surface area (Å²) in [5.74, 6) is -0.815. The van der Waals surface area contributed by atoms with Crippen LogP contribution in [0.25, 0.3) is 0 Å². The lowest BCUT2D eigenvalue weighted by Gasteiger charge is -2.24. The van der Waals surface area contributed by atoms with Crippen molar-refractivity contribution < 1.29 is 42.1 Å². The molecule has 56 heavy (non-hydrogen) atoms. The highest BCUT2D eigenvalue weighted by molar-refractivity contribution is 7.47. The Labute approximate surface area is 344 Å². The van der Waals surface area contributed by atoms with Crippen LogP contribution in [0.3, 0.4) is 0 Å². The van der Waals surface area contributed by atoms with Crippen LogP contribution < -0.4 is 0 Å². The summed E-state index contributed by atoms with van der Waals surface area (Å²) in [6, 6.07) is 0. The van der Waals surface area contributed by atoms with Gasteiger partial charge in [-0.3, -0.25) is 18.6 Å². The van der Waals surface area contributed by atoms with Crippen molar-refractivity contribution >= 4 is 19.8 Å². The molecule has 0 fully saturated rings. The predicted molar refractivity (Wildman–Crippen MR) is 234 cm³/mol. The Morgan fingerprint density at radius 3 is 1.46 bits per heavy atom. The number of quaternary nitrogens is 1. The summed E-state index contributed by atoms with van der Waals surface area (Å²) in [7, 11) is 1.47. The van der Waals surface area contributed by atoms with Crippen LogP contribution in [0.2, 0.25) is 0 Å². The molecular formula is C46H87NO8P+. The molecule has 1 N–H and O–H groups in total. The highest BCUT2D eigenvalue weighted by atomic mass is 31.2. The standard InChI is InChI=1S/C46H86NO8P/c1-6-8-10-12-14-16-18-20-22-23-25-26-28-30-32-34-36-38-45(48)52-42-44(43-54-56(50,51)53-41-40-47(3,4)5)55-46(49)39-37-35-33-31-29-27-24-21-19-17-15-13-11-9-7-2/h15-18,21,24,44H,6-14,19-20,22-23,25-43H2,1-5H3/p+1/b17-15+,18-16+,24-21+/t44-/m1/s1. The lowest BCUT2D eigenvalue weighted by molar-refractivity contribution is -0.870. The molecule has 1 unspecified atom stereocenters. The first-order valence-corrected chi connectivity index (χ1v) is 24.2. The van der Waals surface area contributed by atoms with Gasteiger partial charge in [-0.05, 0) is 70.6 Å². The number of unbranched alkanes of at least 4 members (excludes halogenated alkanes) is 21. The van der Waals surface area contributed by atoms with Crippen LogP contribution in [0, 0.1) is 0 Å². The Balaban J connectivity index is 4.35. The normalized spacial score (nSPS) is 13.9. The maximum atomic E-state index is 12.7. The van der Waals surface area contributed by atoms with E-state index >= 15 is 0 Å². The van der Waals surface area contributed by atoms with E-state index in [-0.39, 0.29) is 32.0 Å². The van der Waals surface area contributed by atoms with E-state index in [0.29, 0.717) is 17.4 Å². The number of hydrogen-bond acceptors (Lipinski definition) is 7. The summed E-state index contributed by atoms with van der Waals surface area (Å²) in [5.41, 5.74) is 0. The number of carbonyl (C=O) groups excluding carboxylic acids is 2. The number of allylic oxidation sites excluding steroid dienone is 6. The van der Waals surface area contributed by atoms with Gasteiger partial charge in [0.15, 0.2) is 6.10 Å². The fourth-order valence-corrected chi connectivity index (χ4v) is 6.78. The maximum Gasteiger partial charge on any atom is 0.472 e. The van der Waals surface area contributed by atoms with Gasteiger partial charge in [0.2, 0.25) is 0 Å². The third-order valence-corrected chi connectivity index (χ3v) is 10.6. The van der Waals surface area contributed by atoms with Crippen LogP contribution in [0.15, 0.2) is 36.5 Å². The van der Waals surface area contributed by atoms with Gasteiger partial charge >= 0.3 is 19.8 Å². The second kappa shape index (κ2) is 38.7. The molecule has 0 aliphatic heterocycles. The van der Waals surface area contributed by atoms with E-state index in [9.17, 15) is 19.0 Å². The van der Waals surface area contributed by atoms with E-state index < -0.39 is 26.5 Å². The monoisotopic (exact) mass is 813 g/mol. The highest BCUT2D eigenvalue weighted by Crippen LogP contribution is 2.43. The second-order valence-electron chi connectivity index (χ2n) is 16.4. The molecule has 10 heteroatoms. The third-order valence-electron chi connectivity index (χ3n) is 9.64. The summed E-state index contributed by atoms with van der Waals surface area (Å²) < 4.78 is 34.3. The van der Waals surface area contributed by atoms with Crippen molar-refractivity contribution in [1.82, 2.24) is 0 Å². The summed E-state index contributed by atoms with van der Waals surface area (Å²) in [5, 5.41) is 0. The summed E-state index contributed by atoms with van der Waals surface area (Å²) in [4.78, 5) is 35.4. The molecule has 0 saturated carbocycles. The number of phosphoric ester groups is 1. The number of carbonyl (C=O) groups is 2. The summed E-state index contributed by atoms with van der Waals surface area (Å²) >= 11 is 0. The van der Waals surface area contributed by atoms with Crippen LogP contribution in [-0.2, 0) is 32.7 Å². The molecule has 0 aromatic rings. The molecule has 0 amide bonds. The Kier molecular flexibility index (Phi) is 37.5. The topological polar surface area (TPSA) is 108 Å². The van der Waals surface area contributed by atoms with E-state index in [2.05, 4.69) is 50.3 Å². The van der Waals surface area contributed by atoms with Crippen LogP contribution >= 0.6 is 7.82 Å². The van der Waals surface area contributed by atoms with E-state index in [4.69, 9.17) is 18.5 Å². The smallest absolute Gasteiger partial charge is 0.462 e. The van der Waals surface area contributed by atoms with Gasteiger partial charge in [0.1, 0.15) is 19.8 Å². The number of phosphoric acid groups is 1. The Hall–Kier alpha value is -1.77. The summed E-state index contributed by atoms with van der Waals surface area (Å²) in [6.45, 7) is 4.37. The van der Waals surface area contributed by atoms with Gasteiger partial charge in [-0.25, -0.2) is 4.57 Å². The van der Waals surface area contributed by atoms with Gasteiger partial charge < -0.3 is 18.9 Å². The van der Waals surface area contributed by atoms with Crippen molar-refractivity contribution in [3.8, 4) is 0 Å². The van der Waals surface area contributed by atoms with Gasteiger partial charge in [-0.1, -0.05) is 147 Å². The zero-order valence-electron chi connectivity index (χ0n) is 36.9. The van der Waals surface area contributed by atoms with Gasteiger partial charge in [-0.2, -0.15) is 0 Å². The van der Waals surface area contributed by atoms with Crippen molar-refractivity contribution in [2.45, 2.75) is 200 Å². The minimum Gasteiger partial charge on any atom is -0.462 e. The molecule has 0 rings (SSSR count). The van der Waals surface area contributed by atoms with E-state index in [1.165, 1.54) is 103 Å². The number of rotatable bonds is 41. The van der Waals surface area contributed by atoms with Crippen LogP contribution in [-0.4, -0.2) is 74.9 Å². The summed E-state index contributed by atoms with van der Waals surface area (Å²) in [6.07, 6.45) is 43.3. The first-order chi connectivity index (χ1) is 27.0. The molecule has 0 spiro atoms. The average molecular weight is 813 g/mol. The lowest BCUT2D eigenvalue weighted by Crippen LogP contribution is -2.37. The van der Waals surface area contributed by atoms with Gasteiger partial charge in [-0.15, -0.1) is 0 Å².